The number of pyridine rings is 1. The van der Waals surface area contributed by atoms with Crippen molar-refractivity contribution in [2.24, 2.45) is 0 Å². The summed E-state index contributed by atoms with van der Waals surface area (Å²) in [4.78, 5) is 29.3. The molecule has 39 heavy (non-hydrogen) atoms. The number of benzene rings is 3. The summed E-state index contributed by atoms with van der Waals surface area (Å²) in [6.45, 7) is 2.27. The fourth-order valence-electron chi connectivity index (χ4n) is 4.49. The Labute approximate surface area is 225 Å². The van der Waals surface area contributed by atoms with Crippen LogP contribution in [0.4, 0.5) is 4.79 Å². The minimum atomic E-state index is -0.998. The SMILES string of the molecule is COc1cn2c(C(OC(=O)NCc3ccccc3)c3ccc(-c4ccccc4C(=O)O)cc3)ccc(C)c2n1. The maximum Gasteiger partial charge on any atom is 0.408 e. The van der Waals surface area contributed by atoms with Gasteiger partial charge in [-0.05, 0) is 46.9 Å². The van der Waals surface area contributed by atoms with Crippen LogP contribution in [0.2, 0.25) is 0 Å². The average Bonchev–Trinajstić information content (AvgIpc) is 3.42. The third-order valence-electron chi connectivity index (χ3n) is 6.48. The van der Waals surface area contributed by atoms with Gasteiger partial charge < -0.3 is 19.9 Å². The second-order valence-electron chi connectivity index (χ2n) is 9.02. The number of carboxylic acids is 1. The van der Waals surface area contributed by atoms with Gasteiger partial charge in [0.1, 0.15) is 5.65 Å². The number of carboxylic acid groups (broad SMARTS) is 1. The number of hydrogen-bond donors (Lipinski definition) is 2. The number of aryl methyl sites for hydroxylation is 1. The molecule has 8 nitrogen and oxygen atoms in total. The molecule has 0 saturated heterocycles. The summed E-state index contributed by atoms with van der Waals surface area (Å²) in [5.41, 5.74) is 5.52. The maximum atomic E-state index is 13.0. The fraction of sp³-hybridized carbons (Fsp3) is 0.129. The largest absolute Gasteiger partial charge is 0.480 e. The van der Waals surface area contributed by atoms with E-state index in [1.165, 1.54) is 0 Å². The highest BCUT2D eigenvalue weighted by Crippen LogP contribution is 2.32. The van der Waals surface area contributed by atoms with Crippen LogP contribution >= 0.6 is 0 Å². The van der Waals surface area contributed by atoms with Gasteiger partial charge in [0.05, 0.1) is 24.6 Å². The topological polar surface area (TPSA) is 102 Å². The molecule has 0 fully saturated rings. The number of rotatable bonds is 8. The number of alkyl carbamates (subject to hydrolysis) is 1. The van der Waals surface area contributed by atoms with E-state index in [1.807, 2.05) is 78.1 Å². The van der Waals surface area contributed by atoms with E-state index in [2.05, 4.69) is 10.3 Å². The number of nitrogens with zero attached hydrogens (tertiary/aromatic N) is 2. The van der Waals surface area contributed by atoms with E-state index in [0.29, 0.717) is 34.9 Å². The van der Waals surface area contributed by atoms with E-state index in [1.54, 1.807) is 37.6 Å². The molecule has 5 aromatic rings. The smallest absolute Gasteiger partial charge is 0.408 e. The van der Waals surface area contributed by atoms with E-state index in [-0.39, 0.29) is 5.56 Å². The van der Waals surface area contributed by atoms with Gasteiger partial charge in [-0.2, -0.15) is 4.98 Å². The summed E-state index contributed by atoms with van der Waals surface area (Å²) >= 11 is 0. The summed E-state index contributed by atoms with van der Waals surface area (Å²) < 4.78 is 13.2. The number of aromatic carboxylic acids is 1. The van der Waals surface area contributed by atoms with Gasteiger partial charge in [0.25, 0.3) is 0 Å². The van der Waals surface area contributed by atoms with Gasteiger partial charge in [0, 0.05) is 6.54 Å². The number of ether oxygens (including phenoxy) is 2. The van der Waals surface area contributed by atoms with Crippen molar-refractivity contribution < 1.29 is 24.2 Å². The highest BCUT2D eigenvalue weighted by atomic mass is 16.6. The third-order valence-corrected chi connectivity index (χ3v) is 6.48. The summed E-state index contributed by atoms with van der Waals surface area (Å²) in [5.74, 6) is -0.555. The number of carbonyl (C=O) groups excluding carboxylic acids is 1. The molecule has 2 aromatic heterocycles. The molecular formula is C31H27N3O5. The first-order valence-electron chi connectivity index (χ1n) is 12.4. The molecule has 8 heteroatoms. The van der Waals surface area contributed by atoms with Gasteiger partial charge in [-0.15, -0.1) is 0 Å². The van der Waals surface area contributed by atoms with Gasteiger partial charge in [-0.1, -0.05) is 78.9 Å². The van der Waals surface area contributed by atoms with E-state index in [0.717, 1.165) is 16.7 Å². The standard InChI is InChI=1S/C31H27N3O5/c1-20-12-17-26(34-19-27(38-2)33-29(20)34)28(39-31(37)32-18-21-8-4-3-5-9-21)23-15-13-22(14-16-23)24-10-6-7-11-25(24)30(35)36/h3-17,19,28H,18H2,1-2H3,(H,32,37)(H,35,36). The molecule has 2 N–H and O–H groups in total. The number of carbonyl (C=O) groups is 2. The van der Waals surface area contributed by atoms with E-state index < -0.39 is 18.2 Å². The minimum absolute atomic E-state index is 0.212. The van der Waals surface area contributed by atoms with Crippen LogP contribution < -0.4 is 10.1 Å². The van der Waals surface area contributed by atoms with Gasteiger partial charge in [-0.25, -0.2) is 9.59 Å². The van der Waals surface area contributed by atoms with Crippen LogP contribution in [0.15, 0.2) is 97.2 Å². The number of fused-ring (bicyclic) bond motifs is 1. The summed E-state index contributed by atoms with van der Waals surface area (Å²) in [6, 6.07) is 27.6. The number of nitrogens with one attached hydrogen (secondary N) is 1. The summed E-state index contributed by atoms with van der Waals surface area (Å²) in [6.07, 6.45) is 0.393. The van der Waals surface area contributed by atoms with E-state index >= 15 is 0 Å². The van der Waals surface area contributed by atoms with Gasteiger partial charge in [0.15, 0.2) is 6.10 Å². The lowest BCUT2D eigenvalue weighted by atomic mass is 9.97. The second-order valence-corrected chi connectivity index (χ2v) is 9.02. The number of methoxy groups -OCH3 is 1. The first-order chi connectivity index (χ1) is 18.9. The highest BCUT2D eigenvalue weighted by Gasteiger charge is 2.24. The predicted octanol–water partition coefficient (Wildman–Crippen LogP) is 6.03. The Morgan fingerprint density at radius 1 is 0.949 bits per heavy atom. The zero-order valence-electron chi connectivity index (χ0n) is 21.5. The zero-order chi connectivity index (χ0) is 27.4. The molecule has 3 aromatic carbocycles. The Balaban J connectivity index is 1.52. The van der Waals surface area contributed by atoms with Crippen molar-refractivity contribution in [1.29, 1.82) is 0 Å². The van der Waals surface area contributed by atoms with E-state index in [9.17, 15) is 14.7 Å². The summed E-state index contributed by atoms with van der Waals surface area (Å²) in [5, 5.41) is 12.4. The molecule has 0 radical (unpaired) electrons. The Kier molecular flexibility index (Phi) is 7.27. The first-order valence-corrected chi connectivity index (χ1v) is 12.4. The Bertz CT molecular complexity index is 1630. The van der Waals surface area contributed by atoms with Gasteiger partial charge in [0.2, 0.25) is 5.88 Å². The van der Waals surface area contributed by atoms with Crippen molar-refractivity contribution in [2.45, 2.75) is 19.6 Å². The zero-order valence-corrected chi connectivity index (χ0v) is 21.5. The molecule has 196 valence electrons. The molecule has 1 atom stereocenters. The minimum Gasteiger partial charge on any atom is -0.480 e. The van der Waals surface area contributed by atoms with Crippen LogP contribution in [0.3, 0.4) is 0 Å². The van der Waals surface area contributed by atoms with Crippen LogP contribution in [-0.4, -0.2) is 33.7 Å². The maximum absolute atomic E-state index is 13.0. The molecule has 0 bridgehead atoms. The number of hydrogen-bond acceptors (Lipinski definition) is 5. The van der Waals surface area contributed by atoms with Crippen molar-refractivity contribution in [3.63, 3.8) is 0 Å². The normalized spacial score (nSPS) is 11.6. The average molecular weight is 522 g/mol. The van der Waals surface area contributed by atoms with Crippen LogP contribution in [0.25, 0.3) is 16.8 Å². The Hall–Kier alpha value is -5.11. The Morgan fingerprint density at radius 2 is 1.67 bits per heavy atom. The van der Waals surface area contributed by atoms with Crippen molar-refractivity contribution in [2.75, 3.05) is 7.11 Å². The third kappa shape index (κ3) is 5.45. The van der Waals surface area contributed by atoms with Gasteiger partial charge >= 0.3 is 12.1 Å². The lowest BCUT2D eigenvalue weighted by Crippen LogP contribution is -2.26. The predicted molar refractivity (Wildman–Crippen MR) is 147 cm³/mol. The molecule has 5 rings (SSSR count). The van der Waals surface area contributed by atoms with E-state index in [4.69, 9.17) is 9.47 Å². The van der Waals surface area contributed by atoms with Gasteiger partial charge in [-0.3, -0.25) is 4.40 Å². The van der Waals surface area contributed by atoms with Crippen LogP contribution in [0.1, 0.15) is 38.8 Å². The second kappa shape index (κ2) is 11.1. The monoisotopic (exact) mass is 521 g/mol. The quantitative estimate of drug-likeness (QED) is 0.258. The van der Waals surface area contributed by atoms with Crippen LogP contribution in [0, 0.1) is 6.92 Å². The highest BCUT2D eigenvalue weighted by molar-refractivity contribution is 5.96. The number of imidazole rings is 1. The Morgan fingerprint density at radius 3 is 2.38 bits per heavy atom. The van der Waals surface area contributed by atoms with Crippen LogP contribution in [-0.2, 0) is 11.3 Å². The van der Waals surface area contributed by atoms with Crippen LogP contribution in [0.5, 0.6) is 5.88 Å². The van der Waals surface area contributed by atoms with Crippen molar-refractivity contribution >= 4 is 17.7 Å². The number of amides is 1. The molecular weight excluding hydrogens is 494 g/mol. The molecule has 0 aliphatic heterocycles. The molecule has 0 saturated carbocycles. The lowest BCUT2D eigenvalue weighted by molar-refractivity contribution is 0.0697. The fourth-order valence-corrected chi connectivity index (χ4v) is 4.49. The number of aromatic nitrogens is 2. The molecule has 1 unspecified atom stereocenters. The molecule has 0 aliphatic carbocycles. The lowest BCUT2D eigenvalue weighted by Gasteiger charge is -2.21. The van der Waals surface area contributed by atoms with Crippen molar-refractivity contribution in [3.8, 4) is 17.0 Å². The first kappa shape index (κ1) is 25.5. The summed E-state index contributed by atoms with van der Waals surface area (Å²) in [7, 11) is 1.55. The van der Waals surface area contributed by atoms with Crippen molar-refractivity contribution in [3.05, 3.63) is 125 Å². The molecule has 0 spiro atoms. The molecule has 0 aliphatic rings. The molecule has 1 amide bonds. The molecule has 2 heterocycles. The van der Waals surface area contributed by atoms with Crippen molar-refractivity contribution in [1.82, 2.24) is 14.7 Å².